The minimum atomic E-state index is 0.360. The minimum Gasteiger partial charge on any atom is -0.493 e. The number of benzene rings is 1. The zero-order chi connectivity index (χ0) is 16.9. The molecule has 1 N–H and O–H groups in total. The van der Waals surface area contributed by atoms with Gasteiger partial charge in [0.05, 0.1) is 26.2 Å². The third kappa shape index (κ3) is 3.09. The van der Waals surface area contributed by atoms with E-state index in [0.717, 1.165) is 5.56 Å². The van der Waals surface area contributed by atoms with Gasteiger partial charge in [-0.1, -0.05) is 6.07 Å². The van der Waals surface area contributed by atoms with E-state index in [0.29, 0.717) is 34.5 Å². The van der Waals surface area contributed by atoms with E-state index < -0.39 is 0 Å². The lowest BCUT2D eigenvalue weighted by Gasteiger charge is -2.11. The summed E-state index contributed by atoms with van der Waals surface area (Å²) in [6.07, 6.45) is 3.21. The lowest BCUT2D eigenvalue weighted by molar-refractivity contribution is 0.310. The molecular formula is C16H16N4O3S. The van der Waals surface area contributed by atoms with Crippen molar-refractivity contribution in [2.24, 2.45) is 5.10 Å². The van der Waals surface area contributed by atoms with Crippen molar-refractivity contribution >= 4 is 18.4 Å². The first-order chi connectivity index (χ1) is 11.7. The fourth-order valence-corrected chi connectivity index (χ4v) is 2.36. The Morgan fingerprint density at radius 2 is 2.25 bits per heavy atom. The Hall–Kier alpha value is -2.87. The fourth-order valence-electron chi connectivity index (χ4n) is 2.18. The van der Waals surface area contributed by atoms with Crippen molar-refractivity contribution in [2.75, 3.05) is 13.7 Å². The van der Waals surface area contributed by atoms with Crippen LogP contribution >= 0.6 is 12.2 Å². The summed E-state index contributed by atoms with van der Waals surface area (Å²) in [7, 11) is 1.60. The van der Waals surface area contributed by atoms with Crippen LogP contribution in [0.1, 0.15) is 12.5 Å². The second kappa shape index (κ2) is 7.14. The molecule has 124 valence electrons. The van der Waals surface area contributed by atoms with Gasteiger partial charge in [-0.3, -0.25) is 0 Å². The smallest absolute Gasteiger partial charge is 0.219 e. The monoisotopic (exact) mass is 344 g/mol. The van der Waals surface area contributed by atoms with Gasteiger partial charge >= 0.3 is 0 Å². The lowest BCUT2D eigenvalue weighted by Crippen LogP contribution is -2.00. The number of aromatic nitrogens is 3. The Kier molecular flexibility index (Phi) is 4.76. The lowest BCUT2D eigenvalue weighted by atomic mass is 10.2. The van der Waals surface area contributed by atoms with Crippen LogP contribution in [0.3, 0.4) is 0 Å². The molecule has 0 spiro atoms. The molecule has 3 aromatic rings. The second-order valence-corrected chi connectivity index (χ2v) is 5.08. The van der Waals surface area contributed by atoms with Crippen LogP contribution in [-0.4, -0.2) is 34.8 Å². The largest absolute Gasteiger partial charge is 0.493 e. The van der Waals surface area contributed by atoms with E-state index in [1.165, 1.54) is 4.68 Å². The minimum absolute atomic E-state index is 0.360. The normalized spacial score (nSPS) is 11.1. The molecule has 0 fully saturated rings. The Morgan fingerprint density at radius 1 is 1.38 bits per heavy atom. The van der Waals surface area contributed by atoms with Gasteiger partial charge in [0.15, 0.2) is 17.3 Å². The number of hydrogen-bond donors (Lipinski definition) is 1. The fraction of sp³-hybridized carbons (Fsp3) is 0.188. The summed E-state index contributed by atoms with van der Waals surface area (Å²) in [6, 6.07) is 9.14. The summed E-state index contributed by atoms with van der Waals surface area (Å²) in [5, 5.41) is 11.3. The quantitative estimate of drug-likeness (QED) is 0.547. The van der Waals surface area contributed by atoms with E-state index in [4.69, 9.17) is 26.1 Å². The molecule has 2 heterocycles. The molecule has 0 unspecified atom stereocenters. The standard InChI is InChI=1S/C16H16N4O3S/c1-3-22-14-11(6-4-7-12(14)21-2)10-17-20-15(18-19-16(20)24)13-8-5-9-23-13/h4-10H,3H2,1-2H3,(H,19,24)/b17-10-. The van der Waals surface area contributed by atoms with Gasteiger partial charge in [-0.15, -0.1) is 5.10 Å². The molecule has 2 aromatic heterocycles. The number of rotatable bonds is 6. The molecule has 3 rings (SSSR count). The molecule has 0 bridgehead atoms. The predicted molar refractivity (Wildman–Crippen MR) is 92.3 cm³/mol. The molecule has 24 heavy (non-hydrogen) atoms. The van der Waals surface area contributed by atoms with Crippen LogP contribution in [0, 0.1) is 4.77 Å². The van der Waals surface area contributed by atoms with Gasteiger partial charge in [-0.25, -0.2) is 5.10 Å². The first-order valence-corrected chi connectivity index (χ1v) is 7.71. The van der Waals surface area contributed by atoms with E-state index >= 15 is 0 Å². The molecular weight excluding hydrogens is 328 g/mol. The molecule has 0 atom stereocenters. The Bertz CT molecular complexity index is 896. The highest BCUT2D eigenvalue weighted by atomic mass is 32.1. The number of hydrogen-bond acceptors (Lipinski definition) is 6. The number of nitrogens with zero attached hydrogens (tertiary/aromatic N) is 3. The van der Waals surface area contributed by atoms with E-state index in [-0.39, 0.29) is 0 Å². The van der Waals surface area contributed by atoms with E-state index in [9.17, 15) is 0 Å². The average Bonchev–Trinajstić information content (AvgIpc) is 3.24. The molecule has 0 aliphatic rings. The number of H-pyrrole nitrogens is 1. The van der Waals surface area contributed by atoms with Gasteiger partial charge in [-0.05, 0) is 43.4 Å². The Labute approximate surface area is 143 Å². The number of ether oxygens (including phenoxy) is 2. The van der Waals surface area contributed by atoms with E-state index in [2.05, 4.69) is 15.3 Å². The average molecular weight is 344 g/mol. The third-order valence-corrected chi connectivity index (χ3v) is 3.49. The maximum Gasteiger partial charge on any atom is 0.219 e. The highest BCUT2D eigenvalue weighted by molar-refractivity contribution is 7.71. The SMILES string of the molecule is CCOc1c(/C=N\n2c(-c3ccco3)n[nH]c2=S)cccc1OC. The summed E-state index contributed by atoms with van der Waals surface area (Å²) < 4.78 is 18.2. The molecule has 0 aliphatic carbocycles. The maximum atomic E-state index is 5.67. The molecule has 0 saturated heterocycles. The molecule has 7 nitrogen and oxygen atoms in total. The van der Waals surface area contributed by atoms with Crippen molar-refractivity contribution in [3.63, 3.8) is 0 Å². The summed E-state index contributed by atoms with van der Waals surface area (Å²) in [5.74, 6) is 2.32. The van der Waals surface area contributed by atoms with Crippen molar-refractivity contribution in [2.45, 2.75) is 6.92 Å². The third-order valence-electron chi connectivity index (χ3n) is 3.22. The van der Waals surface area contributed by atoms with Gasteiger partial charge in [0.1, 0.15) is 0 Å². The summed E-state index contributed by atoms with van der Waals surface area (Å²) >= 11 is 5.23. The Balaban J connectivity index is 2.01. The first-order valence-electron chi connectivity index (χ1n) is 7.30. The highest BCUT2D eigenvalue weighted by Gasteiger charge is 2.12. The van der Waals surface area contributed by atoms with Gasteiger partial charge in [0.2, 0.25) is 10.6 Å². The van der Waals surface area contributed by atoms with Gasteiger partial charge in [0, 0.05) is 5.56 Å². The number of aromatic amines is 1. The van der Waals surface area contributed by atoms with Crippen LogP contribution in [-0.2, 0) is 0 Å². The van der Waals surface area contributed by atoms with Crippen LogP contribution in [0.25, 0.3) is 11.6 Å². The van der Waals surface area contributed by atoms with Gasteiger partial charge in [-0.2, -0.15) is 9.78 Å². The summed E-state index contributed by atoms with van der Waals surface area (Å²) in [5.41, 5.74) is 0.768. The van der Waals surface area contributed by atoms with Gasteiger partial charge in [0.25, 0.3) is 0 Å². The van der Waals surface area contributed by atoms with Crippen LogP contribution in [0.15, 0.2) is 46.1 Å². The molecule has 0 aliphatic heterocycles. The second-order valence-electron chi connectivity index (χ2n) is 4.70. The topological polar surface area (TPSA) is 77.6 Å². The van der Waals surface area contributed by atoms with E-state index in [1.807, 2.05) is 25.1 Å². The molecule has 8 heteroatoms. The zero-order valence-electron chi connectivity index (χ0n) is 13.2. The van der Waals surface area contributed by atoms with Crippen LogP contribution in [0.4, 0.5) is 0 Å². The van der Waals surface area contributed by atoms with E-state index in [1.54, 1.807) is 31.7 Å². The molecule has 1 aromatic carbocycles. The predicted octanol–water partition coefficient (Wildman–Crippen LogP) is 3.49. The number of nitrogens with one attached hydrogen (secondary N) is 1. The number of methoxy groups -OCH3 is 1. The summed E-state index contributed by atoms with van der Waals surface area (Å²) in [4.78, 5) is 0. The Morgan fingerprint density at radius 3 is 2.96 bits per heavy atom. The first kappa shape index (κ1) is 16.0. The number of para-hydroxylation sites is 1. The van der Waals surface area contributed by atoms with Crippen LogP contribution in [0.2, 0.25) is 0 Å². The molecule has 0 radical (unpaired) electrons. The van der Waals surface area contributed by atoms with Crippen molar-refractivity contribution in [1.29, 1.82) is 0 Å². The van der Waals surface area contributed by atoms with Crippen molar-refractivity contribution < 1.29 is 13.9 Å². The van der Waals surface area contributed by atoms with Crippen molar-refractivity contribution in [3.05, 3.63) is 46.9 Å². The maximum absolute atomic E-state index is 5.67. The van der Waals surface area contributed by atoms with Crippen LogP contribution < -0.4 is 9.47 Å². The highest BCUT2D eigenvalue weighted by Crippen LogP contribution is 2.30. The van der Waals surface area contributed by atoms with Crippen molar-refractivity contribution in [3.8, 4) is 23.1 Å². The zero-order valence-corrected chi connectivity index (χ0v) is 14.0. The number of furan rings is 1. The van der Waals surface area contributed by atoms with Crippen molar-refractivity contribution in [1.82, 2.24) is 14.9 Å². The summed E-state index contributed by atoms with van der Waals surface area (Å²) in [6.45, 7) is 2.43. The van der Waals surface area contributed by atoms with Crippen LogP contribution in [0.5, 0.6) is 11.5 Å². The van der Waals surface area contributed by atoms with Gasteiger partial charge < -0.3 is 13.9 Å². The molecule has 0 saturated carbocycles. The molecule has 0 amide bonds.